The lowest BCUT2D eigenvalue weighted by Gasteiger charge is -2.19. The summed E-state index contributed by atoms with van der Waals surface area (Å²) in [5, 5.41) is 0. The lowest BCUT2D eigenvalue weighted by Crippen LogP contribution is -2.10. The molecule has 0 unspecified atom stereocenters. The van der Waals surface area contributed by atoms with Gasteiger partial charge in [-0.15, -0.1) is 0 Å². The Morgan fingerprint density at radius 3 is 2.05 bits per heavy atom. The summed E-state index contributed by atoms with van der Waals surface area (Å²) in [5.41, 5.74) is 3.43. The number of Topliss-reactive ketones (excluding diaryl/α,β-unsaturated/α-hetero) is 1. The summed E-state index contributed by atoms with van der Waals surface area (Å²) in [7, 11) is 1.62. The molecule has 0 aliphatic carbocycles. The van der Waals surface area contributed by atoms with E-state index in [1.54, 1.807) is 7.11 Å². The Kier molecular flexibility index (Phi) is 5.02. The van der Waals surface area contributed by atoms with Gasteiger partial charge in [-0.3, -0.25) is 4.79 Å². The zero-order chi connectivity index (χ0) is 16.2. The van der Waals surface area contributed by atoms with Gasteiger partial charge >= 0.3 is 0 Å². The minimum Gasteiger partial charge on any atom is -0.497 e. The minimum atomic E-state index is 0.164. The molecule has 2 heteroatoms. The first-order valence-corrected chi connectivity index (χ1v) is 7.67. The second kappa shape index (κ2) is 6.78. The van der Waals surface area contributed by atoms with Crippen LogP contribution in [0.4, 0.5) is 0 Å². The molecule has 0 radical (unpaired) electrons. The fourth-order valence-electron chi connectivity index (χ4n) is 2.35. The molecule has 0 saturated carbocycles. The molecule has 0 saturated heterocycles. The van der Waals surface area contributed by atoms with E-state index >= 15 is 0 Å². The van der Waals surface area contributed by atoms with Crippen LogP contribution in [-0.4, -0.2) is 12.9 Å². The third-order valence-electron chi connectivity index (χ3n) is 3.87. The smallest absolute Gasteiger partial charge is 0.163 e. The third kappa shape index (κ3) is 4.20. The van der Waals surface area contributed by atoms with Gasteiger partial charge in [-0.25, -0.2) is 0 Å². The molecular formula is C20H24O2. The van der Waals surface area contributed by atoms with E-state index in [0.717, 1.165) is 17.7 Å². The highest BCUT2D eigenvalue weighted by atomic mass is 16.5. The molecule has 116 valence electrons. The van der Waals surface area contributed by atoms with Crippen LogP contribution >= 0.6 is 0 Å². The van der Waals surface area contributed by atoms with Gasteiger partial charge in [0.25, 0.3) is 0 Å². The highest BCUT2D eigenvalue weighted by Crippen LogP contribution is 2.22. The molecule has 0 spiro atoms. The first-order valence-electron chi connectivity index (χ1n) is 7.67. The average Bonchev–Trinajstić information content (AvgIpc) is 2.52. The molecule has 0 atom stereocenters. The number of carbonyl (C=O) groups is 1. The molecule has 0 N–H and O–H groups in total. The van der Waals surface area contributed by atoms with E-state index in [0.29, 0.717) is 6.42 Å². The van der Waals surface area contributed by atoms with Crippen LogP contribution in [0.3, 0.4) is 0 Å². The molecule has 0 amide bonds. The lowest BCUT2D eigenvalue weighted by atomic mass is 9.86. The number of hydrogen-bond acceptors (Lipinski definition) is 2. The molecule has 2 aromatic rings. The largest absolute Gasteiger partial charge is 0.497 e. The number of ether oxygens (including phenoxy) is 1. The average molecular weight is 296 g/mol. The molecular weight excluding hydrogens is 272 g/mol. The Labute approximate surface area is 133 Å². The van der Waals surface area contributed by atoms with Crippen molar-refractivity contribution in [3.63, 3.8) is 0 Å². The van der Waals surface area contributed by atoms with Crippen LogP contribution < -0.4 is 4.74 Å². The molecule has 0 aliphatic heterocycles. The van der Waals surface area contributed by atoms with Gasteiger partial charge in [-0.2, -0.15) is 0 Å². The summed E-state index contributed by atoms with van der Waals surface area (Å²) in [6.45, 7) is 6.61. The Balaban J connectivity index is 1.95. The third-order valence-corrected chi connectivity index (χ3v) is 3.87. The predicted molar refractivity (Wildman–Crippen MR) is 90.8 cm³/mol. The van der Waals surface area contributed by atoms with Gasteiger partial charge in [-0.05, 0) is 47.2 Å². The minimum absolute atomic E-state index is 0.164. The maximum atomic E-state index is 12.2. The van der Waals surface area contributed by atoms with Crippen molar-refractivity contribution in [1.29, 1.82) is 0 Å². The van der Waals surface area contributed by atoms with Crippen LogP contribution in [0.15, 0.2) is 48.5 Å². The summed E-state index contributed by atoms with van der Waals surface area (Å²) in [4.78, 5) is 12.2. The van der Waals surface area contributed by atoms with Crippen molar-refractivity contribution in [3.05, 3.63) is 65.2 Å². The van der Waals surface area contributed by atoms with E-state index in [1.807, 2.05) is 24.3 Å². The van der Waals surface area contributed by atoms with Crippen LogP contribution in [0.5, 0.6) is 5.75 Å². The van der Waals surface area contributed by atoms with Crippen molar-refractivity contribution < 1.29 is 9.53 Å². The molecule has 0 fully saturated rings. The monoisotopic (exact) mass is 296 g/mol. The van der Waals surface area contributed by atoms with Crippen molar-refractivity contribution in [2.75, 3.05) is 7.11 Å². The Morgan fingerprint density at radius 1 is 0.955 bits per heavy atom. The SMILES string of the molecule is COc1ccc(C(=O)CCc2ccc(C(C)(C)C)cc2)cc1. The van der Waals surface area contributed by atoms with Crippen LogP contribution in [0.1, 0.15) is 48.7 Å². The van der Waals surface area contributed by atoms with Gasteiger partial charge in [0.1, 0.15) is 5.75 Å². The van der Waals surface area contributed by atoms with Gasteiger partial charge in [0.05, 0.1) is 7.11 Å². The summed E-state index contributed by atoms with van der Waals surface area (Å²) in [5.74, 6) is 0.942. The fourth-order valence-corrected chi connectivity index (χ4v) is 2.35. The van der Waals surface area contributed by atoms with Gasteiger partial charge in [0, 0.05) is 12.0 Å². The van der Waals surface area contributed by atoms with E-state index in [1.165, 1.54) is 11.1 Å². The van der Waals surface area contributed by atoms with Crippen molar-refractivity contribution in [2.24, 2.45) is 0 Å². The van der Waals surface area contributed by atoms with Gasteiger partial charge in [0.2, 0.25) is 0 Å². The first-order chi connectivity index (χ1) is 10.4. The van der Waals surface area contributed by atoms with Crippen molar-refractivity contribution >= 4 is 5.78 Å². The summed E-state index contributed by atoms with van der Waals surface area (Å²) < 4.78 is 5.11. The second-order valence-electron chi connectivity index (χ2n) is 6.60. The maximum absolute atomic E-state index is 12.2. The van der Waals surface area contributed by atoms with E-state index in [9.17, 15) is 4.79 Å². The number of aryl methyl sites for hydroxylation is 1. The molecule has 0 bridgehead atoms. The number of methoxy groups -OCH3 is 1. The van der Waals surface area contributed by atoms with Crippen LogP contribution in [-0.2, 0) is 11.8 Å². The number of rotatable bonds is 5. The number of benzene rings is 2. The van der Waals surface area contributed by atoms with Crippen LogP contribution in [0, 0.1) is 0 Å². The molecule has 0 aromatic heterocycles. The maximum Gasteiger partial charge on any atom is 0.163 e. The lowest BCUT2D eigenvalue weighted by molar-refractivity contribution is 0.0983. The Morgan fingerprint density at radius 2 is 1.55 bits per heavy atom. The predicted octanol–water partition coefficient (Wildman–Crippen LogP) is 4.81. The van der Waals surface area contributed by atoms with E-state index in [2.05, 4.69) is 45.0 Å². The van der Waals surface area contributed by atoms with Crippen molar-refractivity contribution in [1.82, 2.24) is 0 Å². The van der Waals surface area contributed by atoms with Crippen molar-refractivity contribution in [3.8, 4) is 5.75 Å². The Bertz CT molecular complexity index is 616. The quantitative estimate of drug-likeness (QED) is 0.740. The van der Waals surface area contributed by atoms with Gasteiger partial charge in [0.15, 0.2) is 5.78 Å². The normalized spacial score (nSPS) is 11.3. The fraction of sp³-hybridized carbons (Fsp3) is 0.350. The summed E-state index contributed by atoms with van der Waals surface area (Å²) in [6.07, 6.45) is 1.30. The molecule has 2 rings (SSSR count). The first kappa shape index (κ1) is 16.3. The van der Waals surface area contributed by atoms with Crippen LogP contribution in [0.25, 0.3) is 0 Å². The summed E-state index contributed by atoms with van der Waals surface area (Å²) >= 11 is 0. The highest BCUT2D eigenvalue weighted by molar-refractivity contribution is 5.96. The molecule has 2 nitrogen and oxygen atoms in total. The molecule has 2 aromatic carbocycles. The molecule has 0 heterocycles. The van der Waals surface area contributed by atoms with Crippen molar-refractivity contribution in [2.45, 2.75) is 39.0 Å². The van der Waals surface area contributed by atoms with E-state index < -0.39 is 0 Å². The topological polar surface area (TPSA) is 26.3 Å². The van der Waals surface area contributed by atoms with Gasteiger partial charge in [-0.1, -0.05) is 45.0 Å². The zero-order valence-electron chi connectivity index (χ0n) is 13.8. The molecule has 22 heavy (non-hydrogen) atoms. The number of ketones is 1. The van der Waals surface area contributed by atoms with Gasteiger partial charge < -0.3 is 4.74 Å². The number of hydrogen-bond donors (Lipinski definition) is 0. The molecule has 0 aliphatic rings. The summed E-state index contributed by atoms with van der Waals surface area (Å²) in [6, 6.07) is 15.9. The van der Waals surface area contributed by atoms with E-state index in [4.69, 9.17) is 4.74 Å². The Hall–Kier alpha value is -2.09. The highest BCUT2D eigenvalue weighted by Gasteiger charge is 2.13. The zero-order valence-corrected chi connectivity index (χ0v) is 13.8. The number of carbonyl (C=O) groups excluding carboxylic acids is 1. The van der Waals surface area contributed by atoms with E-state index in [-0.39, 0.29) is 11.2 Å². The van der Waals surface area contributed by atoms with Crippen LogP contribution in [0.2, 0.25) is 0 Å². The standard InChI is InChI=1S/C20H24O2/c1-20(2,3)17-10-5-15(6-11-17)7-14-19(21)16-8-12-18(22-4)13-9-16/h5-6,8-13H,7,14H2,1-4H3. The second-order valence-corrected chi connectivity index (χ2v) is 6.60.